The van der Waals surface area contributed by atoms with Crippen molar-refractivity contribution in [1.29, 1.82) is 0 Å². The van der Waals surface area contributed by atoms with Crippen molar-refractivity contribution in [2.24, 2.45) is 0 Å². The molecule has 0 aliphatic heterocycles. The lowest BCUT2D eigenvalue weighted by Gasteiger charge is -2.05. The van der Waals surface area contributed by atoms with Crippen molar-refractivity contribution in [2.75, 3.05) is 33.0 Å². The number of ether oxygens (including phenoxy) is 2. The molecule has 0 aromatic rings. The Labute approximate surface area is 103 Å². The fourth-order valence-corrected chi connectivity index (χ4v) is 1.70. The molecule has 2 radical (unpaired) electrons. The summed E-state index contributed by atoms with van der Waals surface area (Å²) in [5.74, 6) is 0. The maximum atomic E-state index is 5.42. The fourth-order valence-electron chi connectivity index (χ4n) is 1.12. The first kappa shape index (κ1) is 16.1. The monoisotopic (exact) mass is 246 g/mol. The quantitative estimate of drug-likeness (QED) is 0.369. The Morgan fingerprint density at radius 3 is 2.12 bits per heavy atom. The Morgan fingerprint density at radius 1 is 0.750 bits per heavy atom. The highest BCUT2D eigenvalue weighted by Crippen LogP contribution is 1.93. The molecule has 3 nitrogen and oxygen atoms in total. The summed E-state index contributed by atoms with van der Waals surface area (Å²) < 4.78 is 16.2. The van der Waals surface area contributed by atoms with Crippen LogP contribution in [0.1, 0.15) is 39.5 Å². The molecule has 0 saturated heterocycles. The Hall–Kier alpha value is 0.0969. The summed E-state index contributed by atoms with van der Waals surface area (Å²) in [5, 5.41) is 0. The SMILES string of the molecule is CCCCCOCCOCCO[Si]CCC. The van der Waals surface area contributed by atoms with Crippen molar-refractivity contribution >= 4 is 9.76 Å². The van der Waals surface area contributed by atoms with E-state index in [-0.39, 0.29) is 0 Å². The van der Waals surface area contributed by atoms with Gasteiger partial charge in [0.1, 0.15) is 0 Å². The predicted octanol–water partition coefficient (Wildman–Crippen LogP) is 2.67. The van der Waals surface area contributed by atoms with Crippen molar-refractivity contribution in [3.63, 3.8) is 0 Å². The van der Waals surface area contributed by atoms with Gasteiger partial charge in [0.15, 0.2) is 0 Å². The minimum Gasteiger partial charge on any atom is -0.415 e. The molecule has 0 aromatic heterocycles. The van der Waals surface area contributed by atoms with E-state index in [4.69, 9.17) is 13.9 Å². The van der Waals surface area contributed by atoms with Gasteiger partial charge in [-0.15, -0.1) is 0 Å². The molecule has 16 heavy (non-hydrogen) atoms. The van der Waals surface area contributed by atoms with Gasteiger partial charge in [-0.05, 0) is 12.5 Å². The van der Waals surface area contributed by atoms with Crippen LogP contribution in [0.5, 0.6) is 0 Å². The van der Waals surface area contributed by atoms with E-state index in [2.05, 4.69) is 13.8 Å². The summed E-state index contributed by atoms with van der Waals surface area (Å²) in [6.07, 6.45) is 4.87. The van der Waals surface area contributed by atoms with Gasteiger partial charge in [-0.25, -0.2) is 0 Å². The van der Waals surface area contributed by atoms with Crippen molar-refractivity contribution < 1.29 is 13.9 Å². The molecule has 0 N–H and O–H groups in total. The molecule has 0 spiro atoms. The lowest BCUT2D eigenvalue weighted by Crippen LogP contribution is -2.11. The lowest BCUT2D eigenvalue weighted by atomic mass is 10.3. The van der Waals surface area contributed by atoms with Crippen molar-refractivity contribution in [3.05, 3.63) is 0 Å². The first-order chi connectivity index (χ1) is 7.91. The Kier molecular flexibility index (Phi) is 15.2. The third-order valence-electron chi connectivity index (χ3n) is 2.05. The lowest BCUT2D eigenvalue weighted by molar-refractivity contribution is 0.0356. The molecule has 96 valence electrons. The van der Waals surface area contributed by atoms with Crippen LogP contribution in [0.2, 0.25) is 6.04 Å². The summed E-state index contributed by atoms with van der Waals surface area (Å²) in [6.45, 7) is 8.04. The Morgan fingerprint density at radius 2 is 1.44 bits per heavy atom. The molecular formula is C12H26O3Si. The van der Waals surface area contributed by atoms with Gasteiger partial charge < -0.3 is 13.9 Å². The maximum absolute atomic E-state index is 5.42. The Balaban J connectivity index is 2.83. The number of hydrogen-bond donors (Lipinski definition) is 0. The molecule has 0 aromatic carbocycles. The van der Waals surface area contributed by atoms with Crippen LogP contribution in [-0.4, -0.2) is 42.8 Å². The minimum absolute atomic E-state index is 0.633. The zero-order chi connectivity index (χ0) is 11.9. The molecule has 4 heteroatoms. The summed E-state index contributed by atoms with van der Waals surface area (Å²) in [7, 11) is 0.633. The molecular weight excluding hydrogens is 220 g/mol. The second kappa shape index (κ2) is 15.1. The average molecular weight is 246 g/mol. The topological polar surface area (TPSA) is 27.7 Å². The number of rotatable bonds is 13. The Bertz CT molecular complexity index is 109. The normalized spacial score (nSPS) is 10.9. The average Bonchev–Trinajstić information content (AvgIpc) is 2.31. The van der Waals surface area contributed by atoms with E-state index >= 15 is 0 Å². The van der Waals surface area contributed by atoms with Gasteiger partial charge in [0.05, 0.1) is 26.4 Å². The van der Waals surface area contributed by atoms with Crippen LogP contribution in [0, 0.1) is 0 Å². The third-order valence-corrected chi connectivity index (χ3v) is 3.16. The van der Waals surface area contributed by atoms with Crippen LogP contribution in [0.15, 0.2) is 0 Å². The molecule has 0 fully saturated rings. The first-order valence-corrected chi connectivity index (χ1v) is 7.53. The van der Waals surface area contributed by atoms with Crippen molar-refractivity contribution in [2.45, 2.75) is 45.6 Å². The van der Waals surface area contributed by atoms with Crippen LogP contribution < -0.4 is 0 Å². The van der Waals surface area contributed by atoms with Gasteiger partial charge in [-0.3, -0.25) is 0 Å². The first-order valence-electron chi connectivity index (χ1n) is 6.42. The fraction of sp³-hybridized carbons (Fsp3) is 1.00. The van der Waals surface area contributed by atoms with E-state index in [1.165, 1.54) is 25.3 Å². The minimum atomic E-state index is 0.633. The van der Waals surface area contributed by atoms with Gasteiger partial charge in [0, 0.05) is 6.61 Å². The van der Waals surface area contributed by atoms with Crippen LogP contribution in [0.3, 0.4) is 0 Å². The summed E-state index contributed by atoms with van der Waals surface area (Å²) in [6, 6.07) is 1.17. The number of unbranched alkanes of at least 4 members (excludes halogenated alkanes) is 2. The smallest absolute Gasteiger partial charge is 0.229 e. The second-order valence-electron chi connectivity index (χ2n) is 3.67. The summed E-state index contributed by atoms with van der Waals surface area (Å²) in [5.41, 5.74) is 0. The molecule has 0 unspecified atom stereocenters. The van der Waals surface area contributed by atoms with Crippen LogP contribution in [-0.2, 0) is 13.9 Å². The van der Waals surface area contributed by atoms with E-state index in [9.17, 15) is 0 Å². The van der Waals surface area contributed by atoms with Gasteiger partial charge in [-0.2, -0.15) is 0 Å². The maximum Gasteiger partial charge on any atom is 0.229 e. The van der Waals surface area contributed by atoms with Crippen molar-refractivity contribution in [1.82, 2.24) is 0 Å². The molecule has 0 bridgehead atoms. The zero-order valence-corrected chi connectivity index (χ0v) is 11.8. The van der Waals surface area contributed by atoms with Gasteiger partial charge in [0.25, 0.3) is 0 Å². The van der Waals surface area contributed by atoms with Crippen LogP contribution in [0.25, 0.3) is 0 Å². The van der Waals surface area contributed by atoms with Crippen LogP contribution >= 0.6 is 0 Å². The molecule has 0 rings (SSSR count). The van der Waals surface area contributed by atoms with Gasteiger partial charge in [-0.1, -0.05) is 33.1 Å². The molecule has 0 aliphatic rings. The second-order valence-corrected chi connectivity index (χ2v) is 4.75. The molecule has 0 saturated carbocycles. The van der Waals surface area contributed by atoms with E-state index in [0.29, 0.717) is 36.2 Å². The van der Waals surface area contributed by atoms with E-state index < -0.39 is 0 Å². The largest absolute Gasteiger partial charge is 0.415 e. The zero-order valence-electron chi connectivity index (χ0n) is 10.8. The standard InChI is InChI=1S/C12H26O3Si/c1-3-5-6-7-13-8-9-14-10-11-15-16-12-4-2/h3-12H2,1-2H3. The molecule has 0 amide bonds. The third kappa shape index (κ3) is 14.1. The molecule has 0 aliphatic carbocycles. The molecule has 0 heterocycles. The summed E-state index contributed by atoms with van der Waals surface area (Å²) in [4.78, 5) is 0. The highest BCUT2D eigenvalue weighted by Gasteiger charge is 1.92. The van der Waals surface area contributed by atoms with E-state index in [1.807, 2.05) is 0 Å². The van der Waals surface area contributed by atoms with Crippen LogP contribution in [0.4, 0.5) is 0 Å². The van der Waals surface area contributed by atoms with E-state index in [1.54, 1.807) is 0 Å². The highest BCUT2D eigenvalue weighted by atomic mass is 28.2. The molecule has 0 atom stereocenters. The van der Waals surface area contributed by atoms with Crippen molar-refractivity contribution in [3.8, 4) is 0 Å². The van der Waals surface area contributed by atoms with E-state index in [0.717, 1.165) is 13.0 Å². The van der Waals surface area contributed by atoms with Gasteiger partial charge in [0.2, 0.25) is 9.76 Å². The van der Waals surface area contributed by atoms with Gasteiger partial charge >= 0.3 is 0 Å². The summed E-state index contributed by atoms with van der Waals surface area (Å²) >= 11 is 0. The number of hydrogen-bond acceptors (Lipinski definition) is 3. The highest BCUT2D eigenvalue weighted by molar-refractivity contribution is 6.26. The predicted molar refractivity (Wildman–Crippen MR) is 68.0 cm³/mol.